The summed E-state index contributed by atoms with van der Waals surface area (Å²) in [6.45, 7) is 2.93. The zero-order valence-electron chi connectivity index (χ0n) is 11.7. The Bertz CT molecular complexity index is 558. The lowest BCUT2D eigenvalue weighted by Crippen LogP contribution is -2.39. The first-order valence-corrected chi connectivity index (χ1v) is 8.86. The highest BCUT2D eigenvalue weighted by molar-refractivity contribution is 7.92. The third-order valence-electron chi connectivity index (χ3n) is 4.47. The van der Waals surface area contributed by atoms with Gasteiger partial charge in [-0.15, -0.1) is 0 Å². The van der Waals surface area contributed by atoms with E-state index < -0.39 is 9.84 Å². The molecule has 1 fully saturated rings. The highest BCUT2D eigenvalue weighted by Gasteiger charge is 2.40. The van der Waals surface area contributed by atoms with E-state index in [2.05, 4.69) is 11.4 Å². The van der Waals surface area contributed by atoms with Crippen LogP contribution in [-0.2, 0) is 21.0 Å². The topological polar surface area (TPSA) is 55.4 Å². The van der Waals surface area contributed by atoms with E-state index >= 15 is 0 Å². The number of anilines is 1. The van der Waals surface area contributed by atoms with Crippen molar-refractivity contribution in [2.45, 2.75) is 42.8 Å². The van der Waals surface area contributed by atoms with Crippen LogP contribution in [0.15, 0.2) is 24.3 Å². The molecule has 0 amide bonds. The summed E-state index contributed by atoms with van der Waals surface area (Å²) in [5, 5.41) is 2.65. The van der Waals surface area contributed by atoms with Crippen LogP contribution in [0, 0.1) is 0 Å². The molecule has 2 heterocycles. The van der Waals surface area contributed by atoms with Gasteiger partial charge in [0.2, 0.25) is 0 Å². The molecule has 0 bridgehead atoms. The Morgan fingerprint density at radius 3 is 2.80 bits per heavy atom. The quantitative estimate of drug-likeness (QED) is 0.907. The van der Waals surface area contributed by atoms with Crippen molar-refractivity contribution in [1.29, 1.82) is 0 Å². The molecule has 1 saturated heterocycles. The van der Waals surface area contributed by atoms with Gasteiger partial charge in [-0.3, -0.25) is 0 Å². The van der Waals surface area contributed by atoms with Gasteiger partial charge in [0.05, 0.1) is 16.6 Å². The Hall–Kier alpha value is -1.07. The molecule has 0 saturated carbocycles. The van der Waals surface area contributed by atoms with Crippen LogP contribution >= 0.6 is 0 Å². The summed E-state index contributed by atoms with van der Waals surface area (Å²) in [5.74, 6) is 0. The number of ether oxygens (including phenoxy) is 1. The number of para-hydroxylation sites is 1. The first-order valence-electron chi connectivity index (χ1n) is 7.25. The van der Waals surface area contributed by atoms with Gasteiger partial charge >= 0.3 is 0 Å². The molecule has 0 aromatic heterocycles. The lowest BCUT2D eigenvalue weighted by Gasteiger charge is -2.22. The smallest absolute Gasteiger partial charge is 0.160 e. The van der Waals surface area contributed by atoms with Gasteiger partial charge in [0.25, 0.3) is 0 Å². The molecule has 0 spiro atoms. The Morgan fingerprint density at radius 2 is 2.05 bits per heavy atom. The molecule has 4 nitrogen and oxygen atoms in total. The number of sulfone groups is 1. The molecule has 0 radical (unpaired) electrons. The van der Waals surface area contributed by atoms with Gasteiger partial charge in [-0.2, -0.15) is 0 Å². The molecule has 110 valence electrons. The fourth-order valence-corrected chi connectivity index (χ4v) is 5.52. The van der Waals surface area contributed by atoms with Crippen molar-refractivity contribution in [3.8, 4) is 0 Å². The van der Waals surface area contributed by atoms with Gasteiger partial charge in [0.15, 0.2) is 9.84 Å². The van der Waals surface area contributed by atoms with Crippen molar-refractivity contribution in [3.05, 3.63) is 29.8 Å². The van der Waals surface area contributed by atoms with E-state index in [1.165, 1.54) is 5.56 Å². The number of aryl methyl sites for hydroxylation is 1. The maximum Gasteiger partial charge on any atom is 0.160 e. The second kappa shape index (κ2) is 5.37. The molecule has 2 aliphatic rings. The lowest BCUT2D eigenvalue weighted by atomic mass is 10.1. The lowest BCUT2D eigenvalue weighted by molar-refractivity contribution is 0.126. The minimum absolute atomic E-state index is 0.175. The number of benzene rings is 1. The monoisotopic (exact) mass is 295 g/mol. The molecule has 3 rings (SSSR count). The summed E-state index contributed by atoms with van der Waals surface area (Å²) >= 11 is 0. The highest BCUT2D eigenvalue weighted by Crippen LogP contribution is 2.29. The van der Waals surface area contributed by atoms with Gasteiger partial charge in [-0.05, 0) is 37.8 Å². The van der Waals surface area contributed by atoms with Crippen LogP contribution in [0.5, 0.6) is 0 Å². The predicted octanol–water partition coefficient (Wildman–Crippen LogP) is 2.01. The van der Waals surface area contributed by atoms with Crippen LogP contribution in [0.25, 0.3) is 0 Å². The van der Waals surface area contributed by atoms with E-state index in [-0.39, 0.29) is 16.6 Å². The second-order valence-electron chi connectivity index (χ2n) is 5.69. The van der Waals surface area contributed by atoms with Gasteiger partial charge in [0.1, 0.15) is 0 Å². The fraction of sp³-hybridized carbons (Fsp3) is 0.600. The number of hydrogen-bond acceptors (Lipinski definition) is 4. The van der Waals surface area contributed by atoms with Crippen LogP contribution in [0.2, 0.25) is 0 Å². The molecule has 1 aromatic rings. The van der Waals surface area contributed by atoms with Gasteiger partial charge < -0.3 is 10.1 Å². The third kappa shape index (κ3) is 2.44. The minimum Gasteiger partial charge on any atom is -0.384 e. The summed E-state index contributed by atoms with van der Waals surface area (Å²) in [5.41, 5.74) is 2.28. The van der Waals surface area contributed by atoms with Crippen molar-refractivity contribution in [1.82, 2.24) is 0 Å². The average molecular weight is 295 g/mol. The summed E-state index contributed by atoms with van der Waals surface area (Å²) in [4.78, 5) is 0. The van der Waals surface area contributed by atoms with Crippen molar-refractivity contribution in [3.63, 3.8) is 0 Å². The molecule has 3 unspecified atom stereocenters. The summed E-state index contributed by atoms with van der Waals surface area (Å²) in [6, 6.07) is 8.07. The summed E-state index contributed by atoms with van der Waals surface area (Å²) in [6.07, 6.45) is 1.96. The third-order valence-corrected chi connectivity index (χ3v) is 7.26. The molecule has 1 N–H and O–H groups in total. The second-order valence-corrected chi connectivity index (χ2v) is 8.14. The largest absolute Gasteiger partial charge is 0.384 e. The molecule has 20 heavy (non-hydrogen) atoms. The fourth-order valence-electron chi connectivity index (χ4n) is 3.22. The average Bonchev–Trinajstić information content (AvgIpc) is 2.75. The van der Waals surface area contributed by atoms with Crippen LogP contribution in [0.1, 0.15) is 25.3 Å². The van der Waals surface area contributed by atoms with Crippen molar-refractivity contribution in [2.24, 2.45) is 0 Å². The molecule has 3 atom stereocenters. The number of rotatable bonds is 2. The van der Waals surface area contributed by atoms with Crippen LogP contribution < -0.4 is 5.32 Å². The van der Waals surface area contributed by atoms with Gasteiger partial charge in [0, 0.05) is 18.8 Å². The number of fused-ring (bicyclic) bond motifs is 1. The van der Waals surface area contributed by atoms with E-state index in [1.54, 1.807) is 0 Å². The molecule has 2 aliphatic heterocycles. The normalized spacial score (nSPS) is 30.4. The van der Waals surface area contributed by atoms with Crippen molar-refractivity contribution in [2.75, 3.05) is 18.5 Å². The van der Waals surface area contributed by atoms with Gasteiger partial charge in [-0.25, -0.2) is 8.42 Å². The summed E-state index contributed by atoms with van der Waals surface area (Å²) < 4.78 is 31.0. The first-order chi connectivity index (χ1) is 9.59. The Balaban J connectivity index is 1.79. The molecule has 1 aromatic carbocycles. The van der Waals surface area contributed by atoms with Crippen LogP contribution in [-0.4, -0.2) is 38.2 Å². The molecular formula is C15H21NO3S. The van der Waals surface area contributed by atoms with Crippen LogP contribution in [0.3, 0.4) is 0 Å². The van der Waals surface area contributed by atoms with E-state index in [1.807, 2.05) is 25.1 Å². The maximum atomic E-state index is 12.8. The SMILES string of the molecule is CC1OCCC1S(=O)(=O)C1CCc2ccccc2NC1. The first kappa shape index (κ1) is 13.9. The van der Waals surface area contributed by atoms with E-state index in [0.29, 0.717) is 26.0 Å². The van der Waals surface area contributed by atoms with Crippen molar-refractivity contribution < 1.29 is 13.2 Å². The number of hydrogen-bond donors (Lipinski definition) is 1. The zero-order chi connectivity index (χ0) is 14.2. The molecular weight excluding hydrogens is 274 g/mol. The Kier molecular flexibility index (Phi) is 3.73. The van der Waals surface area contributed by atoms with E-state index in [9.17, 15) is 8.42 Å². The maximum absolute atomic E-state index is 12.8. The van der Waals surface area contributed by atoms with Gasteiger partial charge in [-0.1, -0.05) is 18.2 Å². The number of nitrogens with one attached hydrogen (secondary N) is 1. The highest BCUT2D eigenvalue weighted by atomic mass is 32.2. The van der Waals surface area contributed by atoms with Crippen molar-refractivity contribution >= 4 is 15.5 Å². The minimum atomic E-state index is -3.14. The molecule has 5 heteroatoms. The van der Waals surface area contributed by atoms with E-state index in [0.717, 1.165) is 12.1 Å². The summed E-state index contributed by atoms with van der Waals surface area (Å²) in [7, 11) is -3.14. The standard InChI is InChI=1S/C15H21NO3S/c1-11-15(8-9-19-11)20(17,18)13-7-6-12-4-2-3-5-14(12)16-10-13/h2-5,11,13,15-16H,6-10H2,1H3. The Morgan fingerprint density at radius 1 is 1.25 bits per heavy atom. The zero-order valence-corrected chi connectivity index (χ0v) is 12.5. The predicted molar refractivity (Wildman–Crippen MR) is 79.8 cm³/mol. The molecule has 0 aliphatic carbocycles. The van der Waals surface area contributed by atoms with Crippen LogP contribution in [0.4, 0.5) is 5.69 Å². The van der Waals surface area contributed by atoms with E-state index in [4.69, 9.17) is 4.74 Å². The Labute approximate surface area is 120 Å².